The third-order valence-electron chi connectivity index (χ3n) is 7.56. The molecule has 0 bridgehead atoms. The molecule has 2 aromatic carbocycles. The van der Waals surface area contributed by atoms with Crippen LogP contribution in [0.25, 0.3) is 5.69 Å². The van der Waals surface area contributed by atoms with E-state index in [1.165, 1.54) is 12.1 Å². The number of aliphatic hydroxyl groups is 1. The summed E-state index contributed by atoms with van der Waals surface area (Å²) in [5.41, 5.74) is 1.86. The Morgan fingerprint density at radius 1 is 1.03 bits per heavy atom. The van der Waals surface area contributed by atoms with Crippen molar-refractivity contribution in [2.75, 3.05) is 23.4 Å². The smallest absolute Gasteiger partial charge is 0.225 e. The summed E-state index contributed by atoms with van der Waals surface area (Å²) in [4.78, 5) is 14.3. The molecular weight excluding hydrogens is 471 g/mol. The Kier molecular flexibility index (Phi) is 6.16. The second kappa shape index (κ2) is 9.63. The highest BCUT2D eigenvalue weighted by atomic mass is 19.1. The Labute approximate surface area is 215 Å². The van der Waals surface area contributed by atoms with Crippen molar-refractivity contribution in [1.82, 2.24) is 14.7 Å². The lowest BCUT2D eigenvalue weighted by molar-refractivity contribution is -0.137. The predicted octanol–water partition coefficient (Wildman–Crippen LogP) is 4.47. The fourth-order valence-electron chi connectivity index (χ4n) is 5.25. The number of benzene rings is 2. The SMILES string of the molecule is O=C(C1CC1)N1CCC(O)(CC2CC=NN2c2ccc(Nc3ccn(-c4ccc(F)cc4)n3)cc2)CC1. The molecule has 0 radical (unpaired) electrons. The van der Waals surface area contributed by atoms with Crippen LogP contribution in [0.1, 0.15) is 38.5 Å². The van der Waals surface area contributed by atoms with E-state index in [1.54, 1.807) is 16.8 Å². The molecule has 1 aromatic heterocycles. The number of likely N-dealkylation sites (tertiary alicyclic amines) is 1. The maximum Gasteiger partial charge on any atom is 0.225 e. The van der Waals surface area contributed by atoms with Crippen molar-refractivity contribution in [2.24, 2.45) is 11.0 Å². The molecule has 2 aliphatic heterocycles. The van der Waals surface area contributed by atoms with Gasteiger partial charge >= 0.3 is 0 Å². The number of nitrogens with one attached hydrogen (secondary N) is 1. The summed E-state index contributed by atoms with van der Waals surface area (Å²) < 4.78 is 14.9. The van der Waals surface area contributed by atoms with Gasteiger partial charge in [0.05, 0.1) is 23.0 Å². The van der Waals surface area contributed by atoms with Crippen molar-refractivity contribution in [2.45, 2.75) is 50.2 Å². The number of carbonyl (C=O) groups excluding carboxylic acids is 1. The van der Waals surface area contributed by atoms with Crippen molar-refractivity contribution >= 4 is 29.3 Å². The topological polar surface area (TPSA) is 86.0 Å². The van der Waals surface area contributed by atoms with Gasteiger partial charge in [-0.05, 0) is 80.6 Å². The van der Waals surface area contributed by atoms with Crippen molar-refractivity contribution in [3.8, 4) is 5.69 Å². The van der Waals surface area contributed by atoms with E-state index >= 15 is 0 Å². The number of halogens is 1. The average Bonchev–Trinajstić information content (AvgIpc) is 3.49. The number of amides is 1. The molecule has 1 aliphatic carbocycles. The number of piperidine rings is 1. The lowest BCUT2D eigenvalue weighted by Crippen LogP contribution is -2.49. The lowest BCUT2D eigenvalue weighted by Gasteiger charge is -2.40. The molecule has 1 unspecified atom stereocenters. The number of aromatic nitrogens is 2. The van der Waals surface area contributed by atoms with E-state index in [-0.39, 0.29) is 23.7 Å². The summed E-state index contributed by atoms with van der Waals surface area (Å²) in [5, 5.41) is 25.7. The van der Waals surface area contributed by atoms with Crippen molar-refractivity contribution in [3.63, 3.8) is 0 Å². The highest BCUT2D eigenvalue weighted by Crippen LogP contribution is 2.36. The molecule has 8 nitrogen and oxygen atoms in total. The Hall–Kier alpha value is -3.72. The van der Waals surface area contributed by atoms with Crippen molar-refractivity contribution < 1.29 is 14.3 Å². The Morgan fingerprint density at radius 3 is 2.43 bits per heavy atom. The molecule has 3 aliphatic rings. The maximum atomic E-state index is 13.2. The first-order valence-corrected chi connectivity index (χ1v) is 13.0. The fourth-order valence-corrected chi connectivity index (χ4v) is 5.25. The van der Waals surface area contributed by atoms with Gasteiger partial charge < -0.3 is 15.3 Å². The van der Waals surface area contributed by atoms with Crippen molar-refractivity contribution in [3.05, 3.63) is 66.6 Å². The summed E-state index contributed by atoms with van der Waals surface area (Å²) in [7, 11) is 0. The van der Waals surface area contributed by atoms with Crippen LogP contribution in [0.15, 0.2) is 65.9 Å². The summed E-state index contributed by atoms with van der Waals surface area (Å²) in [6.45, 7) is 1.27. The molecule has 0 spiro atoms. The largest absolute Gasteiger partial charge is 0.390 e. The molecule has 192 valence electrons. The third-order valence-corrected chi connectivity index (χ3v) is 7.56. The van der Waals surface area contributed by atoms with Crippen LogP contribution in [0, 0.1) is 11.7 Å². The van der Waals surface area contributed by atoms with Gasteiger partial charge in [0.15, 0.2) is 5.82 Å². The van der Waals surface area contributed by atoms with Gasteiger partial charge in [0.25, 0.3) is 0 Å². The molecule has 37 heavy (non-hydrogen) atoms. The number of hydrogen-bond donors (Lipinski definition) is 2. The van der Waals surface area contributed by atoms with Crippen molar-refractivity contribution in [1.29, 1.82) is 0 Å². The standard InChI is InChI=1S/C28H31FN6O2/c29-21-3-7-23(8-4-21)34-16-12-26(32-34)31-22-5-9-24(10-6-22)35-25(11-15-30-35)19-28(37)13-17-33(18-14-28)27(36)20-1-2-20/h3-10,12,15-16,20,25,37H,1-2,11,13-14,17-19H2,(H,31,32). The highest BCUT2D eigenvalue weighted by molar-refractivity contribution is 5.81. The van der Waals surface area contributed by atoms with Crippen LogP contribution in [0.4, 0.5) is 21.6 Å². The van der Waals surface area contributed by atoms with Gasteiger partial charge in [-0.3, -0.25) is 9.80 Å². The zero-order valence-electron chi connectivity index (χ0n) is 20.6. The van der Waals surface area contributed by atoms with Crippen LogP contribution in [0.5, 0.6) is 0 Å². The van der Waals surface area contributed by atoms with Gasteiger partial charge in [-0.2, -0.15) is 10.2 Å². The van der Waals surface area contributed by atoms with Gasteiger partial charge in [0, 0.05) is 49.6 Å². The molecule has 3 aromatic rings. The predicted molar refractivity (Wildman–Crippen MR) is 141 cm³/mol. The second-order valence-corrected chi connectivity index (χ2v) is 10.4. The van der Waals surface area contributed by atoms with E-state index < -0.39 is 5.60 Å². The third kappa shape index (κ3) is 5.22. The monoisotopic (exact) mass is 502 g/mol. The number of hydrogen-bond acceptors (Lipinski definition) is 6. The molecule has 1 saturated heterocycles. The van der Waals surface area contributed by atoms with Gasteiger partial charge in [-0.1, -0.05) is 0 Å². The molecular formula is C28H31FN6O2. The molecule has 2 fully saturated rings. The molecule has 1 saturated carbocycles. The van der Waals surface area contributed by atoms with Gasteiger partial charge in [0.2, 0.25) is 5.91 Å². The number of nitrogens with zero attached hydrogens (tertiary/aromatic N) is 5. The molecule has 1 atom stereocenters. The number of anilines is 3. The normalized spacial score (nSPS) is 20.9. The summed E-state index contributed by atoms with van der Waals surface area (Å²) in [6, 6.07) is 16.1. The zero-order valence-corrected chi connectivity index (χ0v) is 20.6. The quantitative estimate of drug-likeness (QED) is 0.498. The minimum absolute atomic E-state index is 0.0842. The van der Waals surface area contributed by atoms with Crippen LogP contribution in [0.3, 0.4) is 0 Å². The number of carbonyl (C=O) groups is 1. The first-order chi connectivity index (χ1) is 18.0. The lowest BCUT2D eigenvalue weighted by atomic mass is 9.84. The van der Waals surface area contributed by atoms with Gasteiger partial charge in [-0.25, -0.2) is 9.07 Å². The number of rotatable bonds is 7. The van der Waals surface area contributed by atoms with Crippen LogP contribution in [0.2, 0.25) is 0 Å². The summed E-state index contributed by atoms with van der Waals surface area (Å²) in [6.07, 6.45) is 8.40. The van der Waals surface area contributed by atoms with Crippen LogP contribution in [-0.4, -0.2) is 56.6 Å². The van der Waals surface area contributed by atoms with Crippen LogP contribution < -0.4 is 10.3 Å². The molecule has 3 heterocycles. The summed E-state index contributed by atoms with van der Waals surface area (Å²) in [5.74, 6) is 0.901. The van der Waals surface area contributed by atoms with E-state index in [9.17, 15) is 14.3 Å². The molecule has 9 heteroatoms. The van der Waals surface area contributed by atoms with E-state index in [0.717, 1.165) is 36.3 Å². The average molecular weight is 503 g/mol. The fraction of sp³-hybridized carbons (Fsp3) is 0.393. The van der Waals surface area contributed by atoms with E-state index in [2.05, 4.69) is 15.5 Å². The van der Waals surface area contributed by atoms with Gasteiger partial charge in [0.1, 0.15) is 5.82 Å². The van der Waals surface area contributed by atoms with Crippen LogP contribution in [-0.2, 0) is 4.79 Å². The first kappa shape index (κ1) is 23.7. The highest BCUT2D eigenvalue weighted by Gasteiger charge is 2.41. The minimum Gasteiger partial charge on any atom is -0.390 e. The minimum atomic E-state index is -0.776. The number of hydrazone groups is 1. The zero-order chi connectivity index (χ0) is 25.4. The van der Waals surface area contributed by atoms with Crippen LogP contribution >= 0.6 is 0 Å². The molecule has 1 amide bonds. The Morgan fingerprint density at radius 2 is 1.73 bits per heavy atom. The van der Waals surface area contributed by atoms with Gasteiger partial charge in [-0.15, -0.1) is 0 Å². The van der Waals surface area contributed by atoms with E-state index in [0.29, 0.717) is 38.2 Å². The maximum absolute atomic E-state index is 13.2. The molecule has 2 N–H and O–H groups in total. The summed E-state index contributed by atoms with van der Waals surface area (Å²) >= 11 is 0. The Balaban J connectivity index is 1.06. The van der Waals surface area contributed by atoms with E-state index in [4.69, 9.17) is 0 Å². The Bertz CT molecular complexity index is 1280. The van der Waals surface area contributed by atoms with E-state index in [1.807, 2.05) is 52.7 Å². The first-order valence-electron chi connectivity index (χ1n) is 13.0. The second-order valence-electron chi connectivity index (χ2n) is 10.4. The molecule has 6 rings (SSSR count).